The number of nitrogens with two attached hydrogens (primary N) is 1. The lowest BCUT2D eigenvalue weighted by atomic mass is 9.69. The molecule has 0 bridgehead atoms. The summed E-state index contributed by atoms with van der Waals surface area (Å²) in [5.74, 6) is -0.968. The minimum atomic E-state index is -3.16. The summed E-state index contributed by atoms with van der Waals surface area (Å²) in [7, 11) is -3.16. The van der Waals surface area contributed by atoms with Gasteiger partial charge in [-0.25, -0.2) is 18.6 Å². The zero-order valence-corrected chi connectivity index (χ0v) is 16.6. The smallest absolute Gasteiger partial charge is 0.377 e. The first kappa shape index (κ1) is 20.6. The lowest BCUT2D eigenvalue weighted by Crippen LogP contribution is -2.53. The number of unbranched alkanes of at least 4 members (excludes halogenated alkanes) is 3. The fourth-order valence-corrected chi connectivity index (χ4v) is 4.96. The van der Waals surface area contributed by atoms with Crippen LogP contribution in [0.2, 0.25) is 0 Å². The molecule has 9 nitrogen and oxygen atoms in total. The lowest BCUT2D eigenvalue weighted by molar-refractivity contribution is -0.174. The minimum Gasteiger partial charge on any atom is -0.377 e. The van der Waals surface area contributed by atoms with E-state index in [1.807, 2.05) is 6.92 Å². The number of hydrogen-bond donors (Lipinski definition) is 4. The third-order valence-corrected chi connectivity index (χ3v) is 7.23. The molecular formula is C17H29N3O6P+. The molecule has 2 unspecified atom stereocenters. The van der Waals surface area contributed by atoms with Crippen LogP contribution in [-0.2, 0) is 23.4 Å². The van der Waals surface area contributed by atoms with Gasteiger partial charge in [-0.15, -0.1) is 10.6 Å². The molecule has 3 fully saturated rings. The van der Waals surface area contributed by atoms with Crippen molar-refractivity contribution in [3.63, 3.8) is 0 Å². The highest BCUT2D eigenvalue weighted by molar-refractivity contribution is 7.63. The molecule has 1 spiro atoms. The van der Waals surface area contributed by atoms with E-state index in [2.05, 4.69) is 10.4 Å². The average Bonchev–Trinajstić information content (AvgIpc) is 3.09. The molecule has 0 aromatic rings. The molecule has 1 saturated carbocycles. The van der Waals surface area contributed by atoms with Crippen molar-refractivity contribution in [3.8, 4) is 0 Å². The number of aliphatic hydroxyl groups excluding tert-OH is 1. The Morgan fingerprint density at radius 2 is 1.85 bits per heavy atom. The maximum atomic E-state index is 12.1. The fourth-order valence-electron chi connectivity index (χ4n) is 3.48. The number of rotatable bonds is 10. The van der Waals surface area contributed by atoms with E-state index in [1.54, 1.807) is 0 Å². The molecule has 152 valence electrons. The summed E-state index contributed by atoms with van der Waals surface area (Å²) in [5.41, 5.74) is 4.39. The monoisotopic (exact) mass is 402 g/mol. The largest absolute Gasteiger partial charge is 0.523 e. The Balaban J connectivity index is 1.26. The minimum absolute atomic E-state index is 0.150. The van der Waals surface area contributed by atoms with Gasteiger partial charge in [-0.3, -0.25) is 10.1 Å². The lowest BCUT2D eigenvalue weighted by Gasteiger charge is -2.39. The van der Waals surface area contributed by atoms with Crippen LogP contribution < -0.4 is 15.9 Å². The van der Waals surface area contributed by atoms with Gasteiger partial charge in [0.05, 0.1) is 5.54 Å². The van der Waals surface area contributed by atoms with Gasteiger partial charge in [-0.05, 0) is 39.0 Å². The first-order valence-corrected chi connectivity index (χ1v) is 11.3. The van der Waals surface area contributed by atoms with Gasteiger partial charge in [-0.2, -0.15) is 0 Å². The Bertz CT molecular complexity index is 606. The molecule has 27 heavy (non-hydrogen) atoms. The predicted octanol–water partition coefficient (Wildman–Crippen LogP) is 1.07. The number of ketones is 1. The molecule has 0 amide bonds. The molecule has 0 aromatic carbocycles. The SMILES string of the molecule is CC1(CC(=O)CCCCCCN[P+]2(N)OC(=O)C3(CCC3)C(=O)O2)NC1O. The predicted molar refractivity (Wildman–Crippen MR) is 97.8 cm³/mol. The van der Waals surface area contributed by atoms with Crippen LogP contribution in [0.15, 0.2) is 0 Å². The quantitative estimate of drug-likeness (QED) is 0.182. The topological polar surface area (TPSA) is 150 Å². The van der Waals surface area contributed by atoms with E-state index < -0.39 is 37.1 Å². The standard InChI is InChI=1S/C17H29N3O6P/c1-16(13(22)20-16)11-12(21)7-4-2-3-5-10-19-27(18)25-14(23)17(8-6-9-17)15(24)26-27/h13,19-20,22H,2-11,18H2,1H3/q+1. The van der Waals surface area contributed by atoms with Gasteiger partial charge >= 0.3 is 20.0 Å². The maximum Gasteiger partial charge on any atom is 0.523 e. The van der Waals surface area contributed by atoms with Crippen LogP contribution >= 0.6 is 8.02 Å². The van der Waals surface area contributed by atoms with Crippen molar-refractivity contribution >= 4 is 25.7 Å². The normalized spacial score (nSPS) is 30.4. The molecule has 5 N–H and O–H groups in total. The van der Waals surface area contributed by atoms with E-state index in [4.69, 9.17) is 14.6 Å². The number of aliphatic hydroxyl groups is 1. The fraction of sp³-hybridized carbons (Fsp3) is 0.824. The van der Waals surface area contributed by atoms with Gasteiger partial charge in [0.15, 0.2) is 5.41 Å². The van der Waals surface area contributed by atoms with E-state index >= 15 is 0 Å². The van der Waals surface area contributed by atoms with E-state index in [-0.39, 0.29) is 5.78 Å². The summed E-state index contributed by atoms with van der Waals surface area (Å²) in [6.07, 6.45) is 5.37. The van der Waals surface area contributed by atoms with Crippen LogP contribution in [0.25, 0.3) is 0 Å². The molecule has 0 radical (unpaired) electrons. The van der Waals surface area contributed by atoms with Gasteiger partial charge in [0.25, 0.3) is 0 Å². The Labute approximate surface area is 159 Å². The Morgan fingerprint density at radius 1 is 1.26 bits per heavy atom. The molecule has 0 aromatic heterocycles. The molecular weight excluding hydrogens is 373 g/mol. The Hall–Kier alpha value is -1.12. The van der Waals surface area contributed by atoms with Crippen molar-refractivity contribution < 1.29 is 28.5 Å². The van der Waals surface area contributed by atoms with Crippen LogP contribution in [0, 0.1) is 5.41 Å². The van der Waals surface area contributed by atoms with E-state index in [1.165, 1.54) is 0 Å². The molecule has 2 saturated heterocycles. The number of carbonyl (C=O) groups is 3. The summed E-state index contributed by atoms with van der Waals surface area (Å²) < 4.78 is 10.5. The molecule has 1 aliphatic carbocycles. The zero-order chi connectivity index (χ0) is 19.7. The highest BCUT2D eigenvalue weighted by atomic mass is 31.2. The van der Waals surface area contributed by atoms with Crippen molar-refractivity contribution in [1.82, 2.24) is 10.4 Å². The summed E-state index contributed by atoms with van der Waals surface area (Å²) in [6, 6.07) is 0. The maximum absolute atomic E-state index is 12.1. The van der Waals surface area contributed by atoms with Gasteiger partial charge < -0.3 is 5.11 Å². The summed E-state index contributed by atoms with van der Waals surface area (Å²) in [4.78, 5) is 36.1. The van der Waals surface area contributed by atoms with Gasteiger partial charge in [0.1, 0.15) is 12.0 Å². The first-order chi connectivity index (χ1) is 12.7. The van der Waals surface area contributed by atoms with Crippen LogP contribution in [-0.4, -0.2) is 41.1 Å². The van der Waals surface area contributed by atoms with Gasteiger partial charge in [0.2, 0.25) is 0 Å². The van der Waals surface area contributed by atoms with E-state index in [9.17, 15) is 19.5 Å². The third kappa shape index (κ3) is 4.49. The highest BCUT2D eigenvalue weighted by Gasteiger charge is 2.66. The van der Waals surface area contributed by atoms with Gasteiger partial charge in [0, 0.05) is 19.4 Å². The van der Waals surface area contributed by atoms with Crippen LogP contribution in [0.5, 0.6) is 0 Å². The third-order valence-electron chi connectivity index (χ3n) is 5.69. The number of Topliss-reactive ketones (excluding diaryl/α,β-unsaturated/α-hetero) is 1. The van der Waals surface area contributed by atoms with Crippen LogP contribution in [0.3, 0.4) is 0 Å². The Morgan fingerprint density at radius 3 is 2.37 bits per heavy atom. The van der Waals surface area contributed by atoms with E-state index in [0.29, 0.717) is 32.2 Å². The molecule has 3 rings (SSSR count). The molecule has 2 aliphatic heterocycles. The van der Waals surface area contributed by atoms with Crippen molar-refractivity contribution in [1.29, 1.82) is 0 Å². The average molecular weight is 402 g/mol. The first-order valence-electron chi connectivity index (χ1n) is 9.57. The van der Waals surface area contributed by atoms with E-state index in [0.717, 1.165) is 32.1 Å². The van der Waals surface area contributed by atoms with Crippen molar-refractivity contribution in [3.05, 3.63) is 0 Å². The second-order valence-electron chi connectivity index (χ2n) is 8.04. The van der Waals surface area contributed by atoms with Crippen molar-refractivity contribution in [2.45, 2.75) is 76.5 Å². The second-order valence-corrected chi connectivity index (χ2v) is 9.92. The molecule has 3 aliphatic rings. The molecule has 2 heterocycles. The van der Waals surface area contributed by atoms with Crippen LogP contribution in [0.1, 0.15) is 64.7 Å². The molecule has 2 atom stereocenters. The summed E-state index contributed by atoms with van der Waals surface area (Å²) in [5, 5.41) is 15.1. The molecule has 10 heteroatoms. The number of carbonyl (C=O) groups excluding carboxylic acids is 3. The number of hydrogen-bond acceptors (Lipinski definition) is 9. The summed E-state index contributed by atoms with van der Waals surface area (Å²) >= 11 is 0. The Kier molecular flexibility index (Phi) is 5.89. The van der Waals surface area contributed by atoms with Crippen molar-refractivity contribution in [2.75, 3.05) is 6.54 Å². The second kappa shape index (κ2) is 7.72. The van der Waals surface area contributed by atoms with Crippen molar-refractivity contribution in [2.24, 2.45) is 10.9 Å². The number of nitrogens with one attached hydrogen (secondary N) is 2. The highest BCUT2D eigenvalue weighted by Crippen LogP contribution is 2.59. The van der Waals surface area contributed by atoms with Gasteiger partial charge in [-0.1, -0.05) is 12.8 Å². The van der Waals surface area contributed by atoms with Crippen LogP contribution in [0.4, 0.5) is 0 Å². The summed E-state index contributed by atoms with van der Waals surface area (Å²) in [6.45, 7) is 2.31. The zero-order valence-electron chi connectivity index (χ0n) is 15.7.